The number of benzene rings is 1. The van der Waals surface area contributed by atoms with Crippen LogP contribution in [0, 0.1) is 6.92 Å². The van der Waals surface area contributed by atoms with Crippen molar-refractivity contribution < 1.29 is 9.90 Å². The highest BCUT2D eigenvalue weighted by atomic mass is 79.9. The number of carbonyl (C=O) groups excluding carboxylic acids is 1. The number of amides is 1. The van der Waals surface area contributed by atoms with E-state index < -0.39 is 0 Å². The molecule has 0 saturated heterocycles. The molecule has 3 nitrogen and oxygen atoms in total. The highest BCUT2D eigenvalue weighted by Crippen LogP contribution is 2.33. The number of allylic oxidation sites excluding steroid dienone is 5. The third-order valence-electron chi connectivity index (χ3n) is 3.15. The van der Waals surface area contributed by atoms with Gasteiger partial charge in [0.1, 0.15) is 5.76 Å². The van der Waals surface area contributed by atoms with Crippen molar-refractivity contribution in [1.29, 1.82) is 0 Å². The number of hydrogen-bond donors (Lipinski definition) is 2. The van der Waals surface area contributed by atoms with E-state index in [0.29, 0.717) is 20.1 Å². The first-order chi connectivity index (χ1) is 10.3. The van der Waals surface area contributed by atoms with Gasteiger partial charge in [0.2, 0.25) is 0 Å². The number of aryl methyl sites for hydroxylation is 1. The Kier molecular flexibility index (Phi) is 5.08. The maximum Gasteiger partial charge on any atom is 0.256 e. The molecule has 0 atom stereocenters. The number of aliphatic hydroxyl groups is 1. The molecule has 0 aliphatic carbocycles. The average Bonchev–Trinajstić information content (AvgIpc) is 2.74. The fourth-order valence-electron chi connectivity index (χ4n) is 2.07. The van der Waals surface area contributed by atoms with Crippen LogP contribution in [0.5, 0.6) is 0 Å². The van der Waals surface area contributed by atoms with Crippen LogP contribution in [0.3, 0.4) is 0 Å². The van der Waals surface area contributed by atoms with E-state index in [2.05, 4.69) is 43.8 Å². The van der Waals surface area contributed by atoms with Crippen LogP contribution in [0.2, 0.25) is 0 Å². The van der Waals surface area contributed by atoms with Crippen molar-refractivity contribution in [3.8, 4) is 0 Å². The van der Waals surface area contributed by atoms with Crippen LogP contribution in [0.15, 0.2) is 57.2 Å². The largest absolute Gasteiger partial charge is 0.506 e. The number of aliphatic hydroxyl groups excluding tert-OH is 1. The molecule has 2 N–H and O–H groups in total. The van der Waals surface area contributed by atoms with E-state index in [9.17, 15) is 9.90 Å². The van der Waals surface area contributed by atoms with Gasteiger partial charge in [0.15, 0.2) is 0 Å². The van der Waals surface area contributed by atoms with Crippen LogP contribution < -0.4 is 5.32 Å². The molecule has 5 heteroatoms. The minimum atomic E-state index is -0.150. The van der Waals surface area contributed by atoms with Crippen molar-refractivity contribution in [2.24, 2.45) is 0 Å². The van der Waals surface area contributed by atoms with Gasteiger partial charge in [0, 0.05) is 21.3 Å². The average molecular weight is 425 g/mol. The quantitative estimate of drug-likeness (QED) is 0.390. The number of carbonyl (C=O) groups is 1. The van der Waals surface area contributed by atoms with Crippen molar-refractivity contribution in [2.45, 2.75) is 13.8 Å². The molecular weight excluding hydrogens is 410 g/mol. The summed E-state index contributed by atoms with van der Waals surface area (Å²) < 4.78 is 1.10. The van der Waals surface area contributed by atoms with Gasteiger partial charge in [-0.15, -0.1) is 0 Å². The lowest BCUT2D eigenvalue weighted by atomic mass is 10.0. The summed E-state index contributed by atoms with van der Waals surface area (Å²) in [6, 6.07) is 5.81. The highest BCUT2D eigenvalue weighted by molar-refractivity contribution is 9.12. The Hall–Kier alpha value is -1.59. The molecule has 0 radical (unpaired) electrons. The number of fused-ring (bicyclic) bond motifs is 1. The first-order valence-corrected chi connectivity index (χ1v) is 8.14. The summed E-state index contributed by atoms with van der Waals surface area (Å²) in [5, 5.41) is 12.7. The van der Waals surface area contributed by atoms with E-state index in [1.54, 1.807) is 19.1 Å². The third kappa shape index (κ3) is 3.59. The lowest BCUT2D eigenvalue weighted by Crippen LogP contribution is -2.03. The first kappa shape index (κ1) is 16.8. The Morgan fingerprint density at radius 1 is 1.36 bits per heavy atom. The molecule has 22 heavy (non-hydrogen) atoms. The second kappa shape index (κ2) is 6.67. The summed E-state index contributed by atoms with van der Waals surface area (Å²) in [6.07, 6.45) is 3.37. The van der Waals surface area contributed by atoms with E-state index in [1.807, 2.05) is 25.1 Å². The zero-order chi connectivity index (χ0) is 16.4. The van der Waals surface area contributed by atoms with Gasteiger partial charge in [0.25, 0.3) is 5.91 Å². The van der Waals surface area contributed by atoms with Gasteiger partial charge in [-0.1, -0.05) is 34.1 Å². The predicted molar refractivity (Wildman–Crippen MR) is 98.2 cm³/mol. The molecule has 1 heterocycles. The van der Waals surface area contributed by atoms with Crippen LogP contribution >= 0.6 is 31.9 Å². The predicted octanol–water partition coefficient (Wildman–Crippen LogP) is 5.35. The van der Waals surface area contributed by atoms with E-state index in [4.69, 9.17) is 0 Å². The lowest BCUT2D eigenvalue weighted by molar-refractivity contribution is -0.110. The van der Waals surface area contributed by atoms with Crippen molar-refractivity contribution >= 4 is 49.0 Å². The topological polar surface area (TPSA) is 49.3 Å². The summed E-state index contributed by atoms with van der Waals surface area (Å²) in [7, 11) is 0. The molecular formula is C17H15Br2NO2. The van der Waals surface area contributed by atoms with Gasteiger partial charge in [-0.25, -0.2) is 0 Å². The third-order valence-corrected chi connectivity index (χ3v) is 4.13. The van der Waals surface area contributed by atoms with Crippen molar-refractivity contribution in [3.63, 3.8) is 0 Å². The first-order valence-electron chi connectivity index (χ1n) is 6.55. The zero-order valence-corrected chi connectivity index (χ0v) is 15.4. The van der Waals surface area contributed by atoms with E-state index in [0.717, 1.165) is 16.8 Å². The molecule has 0 bridgehead atoms. The summed E-state index contributed by atoms with van der Waals surface area (Å²) in [5.74, 6) is -0.0608. The van der Waals surface area contributed by atoms with Crippen molar-refractivity contribution in [3.05, 3.63) is 68.4 Å². The maximum absolute atomic E-state index is 12.1. The van der Waals surface area contributed by atoms with Crippen LogP contribution in [0.25, 0.3) is 5.57 Å². The molecule has 1 amide bonds. The lowest BCUT2D eigenvalue weighted by Gasteiger charge is -2.02. The fourth-order valence-corrected chi connectivity index (χ4v) is 3.14. The van der Waals surface area contributed by atoms with E-state index >= 15 is 0 Å². The second-order valence-corrected chi connectivity index (χ2v) is 7.05. The van der Waals surface area contributed by atoms with Gasteiger partial charge in [-0.2, -0.15) is 0 Å². The molecule has 1 aliphatic rings. The highest BCUT2D eigenvalue weighted by Gasteiger charge is 2.23. The van der Waals surface area contributed by atoms with Crippen molar-refractivity contribution in [2.75, 3.05) is 5.32 Å². The molecule has 0 saturated carbocycles. The molecule has 1 aliphatic heterocycles. The van der Waals surface area contributed by atoms with Gasteiger partial charge in [-0.05, 0) is 59.6 Å². The summed E-state index contributed by atoms with van der Waals surface area (Å²) in [6.45, 7) is 7.63. The molecule has 0 aromatic heterocycles. The standard InChI is InChI=1S/C17H15Br2NO2/c1-9-4-5-15-12(6-9)13(17(22)20-15)7-10(2)8-14(19)16(21)11(3)18/h4-8,21H,2H2,1,3H3,(H,20,22)/b13-7-,14-8+,16-11-. The number of rotatable bonds is 3. The SMILES string of the molecule is C=C(/C=C1\C(=O)Nc2ccc(C)cc21)/C=C(Br)\C(O)=C(/C)Br. The van der Waals surface area contributed by atoms with Crippen LogP contribution in [0.1, 0.15) is 18.1 Å². The number of hydrogen-bond acceptors (Lipinski definition) is 2. The van der Waals surface area contributed by atoms with E-state index in [-0.39, 0.29) is 11.7 Å². The number of nitrogens with one attached hydrogen (secondary N) is 1. The van der Waals surface area contributed by atoms with Gasteiger partial charge >= 0.3 is 0 Å². The Morgan fingerprint density at radius 3 is 2.68 bits per heavy atom. The molecule has 114 valence electrons. The van der Waals surface area contributed by atoms with Crippen molar-refractivity contribution in [1.82, 2.24) is 0 Å². The smallest absolute Gasteiger partial charge is 0.256 e. The number of anilines is 1. The zero-order valence-electron chi connectivity index (χ0n) is 12.2. The van der Waals surface area contributed by atoms with Gasteiger partial charge in [-0.3, -0.25) is 4.79 Å². The minimum Gasteiger partial charge on any atom is -0.506 e. The second-order valence-electron chi connectivity index (χ2n) is 5.01. The van der Waals surface area contributed by atoms with E-state index in [1.165, 1.54) is 0 Å². The molecule has 2 rings (SSSR count). The maximum atomic E-state index is 12.1. The molecule has 1 aromatic rings. The Balaban J connectivity index is 2.37. The monoisotopic (exact) mass is 423 g/mol. The molecule has 0 unspecified atom stereocenters. The Bertz CT molecular complexity index is 754. The minimum absolute atomic E-state index is 0.0895. The van der Waals surface area contributed by atoms with Crippen LogP contribution in [0.4, 0.5) is 5.69 Å². The van der Waals surface area contributed by atoms with Gasteiger partial charge < -0.3 is 10.4 Å². The summed E-state index contributed by atoms with van der Waals surface area (Å²) in [4.78, 5) is 12.1. The number of halogens is 2. The Morgan fingerprint density at radius 2 is 2.05 bits per heavy atom. The van der Waals surface area contributed by atoms with Crippen LogP contribution in [-0.4, -0.2) is 11.0 Å². The summed E-state index contributed by atoms with van der Waals surface area (Å²) in [5.41, 5.74) is 3.92. The van der Waals surface area contributed by atoms with Crippen LogP contribution in [-0.2, 0) is 4.79 Å². The van der Waals surface area contributed by atoms with Gasteiger partial charge in [0.05, 0.1) is 4.48 Å². The summed E-state index contributed by atoms with van der Waals surface area (Å²) >= 11 is 6.49. The normalized spacial score (nSPS) is 17.2. The molecule has 1 aromatic carbocycles. The fraction of sp³-hybridized carbons (Fsp3) is 0.118. The molecule has 0 spiro atoms. The Labute approximate surface area is 146 Å². The molecule has 0 fully saturated rings.